The zero-order valence-electron chi connectivity index (χ0n) is 18.4. The van der Waals surface area contributed by atoms with Crippen LogP contribution in [0, 0.1) is 13.8 Å². The van der Waals surface area contributed by atoms with Crippen LogP contribution in [-0.2, 0) is 24.3 Å². The van der Waals surface area contributed by atoms with E-state index in [0.29, 0.717) is 23.6 Å². The van der Waals surface area contributed by atoms with E-state index in [0.717, 1.165) is 33.5 Å². The smallest absolute Gasteiger partial charge is 0.252 e. The minimum Gasteiger partial charge on any atom is -0.350 e. The summed E-state index contributed by atoms with van der Waals surface area (Å²) in [6.45, 7) is 6.14. The van der Waals surface area contributed by atoms with Gasteiger partial charge in [-0.2, -0.15) is 5.10 Å². The fraction of sp³-hybridized carbons (Fsp3) is 0.240. The van der Waals surface area contributed by atoms with Crippen molar-refractivity contribution in [2.24, 2.45) is 0 Å². The van der Waals surface area contributed by atoms with Crippen molar-refractivity contribution in [3.05, 3.63) is 92.4 Å². The molecule has 0 atom stereocenters. The molecule has 1 amide bonds. The lowest BCUT2D eigenvalue weighted by Crippen LogP contribution is -2.33. The van der Waals surface area contributed by atoms with E-state index in [1.165, 1.54) is 4.57 Å². The van der Waals surface area contributed by atoms with Crippen LogP contribution in [0.3, 0.4) is 0 Å². The highest BCUT2D eigenvalue weighted by molar-refractivity contribution is 6.31. The third-order valence-corrected chi connectivity index (χ3v) is 5.94. The number of nitrogens with zero attached hydrogens (tertiary/aromatic N) is 3. The molecule has 0 unspecified atom stereocenters. The lowest BCUT2D eigenvalue weighted by atomic mass is 10.1. The first-order chi connectivity index (χ1) is 15.4. The molecule has 0 bridgehead atoms. The van der Waals surface area contributed by atoms with Crippen LogP contribution in [0.4, 0.5) is 0 Å². The number of nitrogens with one attached hydrogen (secondary N) is 1. The normalized spacial score (nSPS) is 11.1. The van der Waals surface area contributed by atoms with Crippen molar-refractivity contribution >= 4 is 28.5 Å². The van der Waals surface area contributed by atoms with Crippen LogP contribution in [0.5, 0.6) is 0 Å². The van der Waals surface area contributed by atoms with E-state index in [1.54, 1.807) is 16.8 Å². The van der Waals surface area contributed by atoms with E-state index in [4.69, 9.17) is 16.7 Å². The first-order valence-corrected chi connectivity index (χ1v) is 11.0. The first kappa shape index (κ1) is 21.8. The Hall–Kier alpha value is -3.38. The van der Waals surface area contributed by atoms with Crippen molar-refractivity contribution < 1.29 is 4.79 Å². The summed E-state index contributed by atoms with van der Waals surface area (Å²) in [6, 6.07) is 16.9. The van der Waals surface area contributed by atoms with E-state index >= 15 is 0 Å². The fourth-order valence-corrected chi connectivity index (χ4v) is 4.08. The summed E-state index contributed by atoms with van der Waals surface area (Å²) < 4.78 is 3.25. The van der Waals surface area contributed by atoms with Crippen molar-refractivity contribution in [1.29, 1.82) is 0 Å². The number of amides is 1. The van der Waals surface area contributed by atoms with E-state index in [-0.39, 0.29) is 18.0 Å². The van der Waals surface area contributed by atoms with Crippen molar-refractivity contribution in [3.8, 4) is 5.69 Å². The van der Waals surface area contributed by atoms with Gasteiger partial charge in [-0.05, 0) is 49.6 Å². The van der Waals surface area contributed by atoms with Crippen LogP contribution in [0.1, 0.15) is 29.3 Å². The fourth-order valence-electron chi connectivity index (χ4n) is 3.88. The molecule has 0 aliphatic carbocycles. The highest BCUT2D eigenvalue weighted by Crippen LogP contribution is 2.25. The lowest BCUT2D eigenvalue weighted by molar-refractivity contribution is -0.121. The molecule has 0 spiro atoms. The Labute approximate surface area is 191 Å². The van der Waals surface area contributed by atoms with Gasteiger partial charge >= 0.3 is 0 Å². The number of rotatable bonds is 6. The molecule has 32 heavy (non-hydrogen) atoms. The number of pyridine rings is 1. The van der Waals surface area contributed by atoms with Gasteiger partial charge < -0.3 is 5.32 Å². The number of carbonyl (C=O) groups excluding carboxylic acids is 1. The summed E-state index contributed by atoms with van der Waals surface area (Å²) in [5.41, 5.74) is 4.94. The highest BCUT2D eigenvalue weighted by Gasteiger charge is 2.19. The summed E-state index contributed by atoms with van der Waals surface area (Å²) in [6.07, 6.45) is 0.700. The number of carbonyl (C=O) groups is 1. The third-order valence-electron chi connectivity index (χ3n) is 5.57. The van der Waals surface area contributed by atoms with E-state index in [9.17, 15) is 9.59 Å². The number of halogens is 1. The van der Waals surface area contributed by atoms with Crippen molar-refractivity contribution in [2.75, 3.05) is 0 Å². The van der Waals surface area contributed by atoms with Crippen molar-refractivity contribution in [1.82, 2.24) is 19.7 Å². The summed E-state index contributed by atoms with van der Waals surface area (Å²) >= 11 is 6.19. The maximum Gasteiger partial charge on any atom is 0.252 e. The quantitative estimate of drug-likeness (QED) is 0.477. The SMILES string of the molecule is CCc1cc(=O)n(CC(=O)NCc2ccccc2Cl)c2c1c(C)nn2-c1ccc(C)cc1. The summed E-state index contributed by atoms with van der Waals surface area (Å²) in [5, 5.41) is 9.09. The molecular formula is C25H25ClN4O2. The number of aryl methyl sites for hydroxylation is 3. The molecule has 0 saturated heterocycles. The third kappa shape index (κ3) is 4.18. The molecule has 2 aromatic heterocycles. The molecular weight excluding hydrogens is 424 g/mol. The molecule has 0 fully saturated rings. The molecule has 164 valence electrons. The largest absolute Gasteiger partial charge is 0.350 e. The molecule has 2 heterocycles. The van der Waals surface area contributed by atoms with Crippen molar-refractivity contribution in [2.45, 2.75) is 40.3 Å². The van der Waals surface area contributed by atoms with Gasteiger partial charge in [-0.3, -0.25) is 14.2 Å². The van der Waals surface area contributed by atoms with Gasteiger partial charge in [-0.1, -0.05) is 54.4 Å². The average molecular weight is 449 g/mol. The van der Waals surface area contributed by atoms with E-state index < -0.39 is 0 Å². The van der Waals surface area contributed by atoms with Gasteiger partial charge in [0.1, 0.15) is 12.2 Å². The second-order valence-electron chi connectivity index (χ2n) is 7.85. The van der Waals surface area contributed by atoms with E-state index in [1.807, 2.05) is 63.2 Å². The molecule has 0 radical (unpaired) electrons. The summed E-state index contributed by atoms with van der Waals surface area (Å²) in [4.78, 5) is 25.8. The zero-order chi connectivity index (χ0) is 22.8. The zero-order valence-corrected chi connectivity index (χ0v) is 19.1. The van der Waals surface area contributed by atoms with Gasteiger partial charge in [0, 0.05) is 23.0 Å². The highest BCUT2D eigenvalue weighted by atomic mass is 35.5. The van der Waals surface area contributed by atoms with Gasteiger partial charge in [0.2, 0.25) is 5.91 Å². The monoisotopic (exact) mass is 448 g/mol. The second-order valence-corrected chi connectivity index (χ2v) is 8.25. The Morgan fingerprint density at radius 3 is 2.47 bits per heavy atom. The predicted octanol–water partition coefficient (Wildman–Crippen LogP) is 4.34. The van der Waals surface area contributed by atoms with Crippen LogP contribution in [-0.4, -0.2) is 20.3 Å². The first-order valence-electron chi connectivity index (χ1n) is 10.6. The second kappa shape index (κ2) is 9.01. The number of benzene rings is 2. The lowest BCUT2D eigenvalue weighted by Gasteiger charge is -2.13. The molecule has 7 heteroatoms. The van der Waals surface area contributed by atoms with Gasteiger partial charge in [-0.15, -0.1) is 0 Å². The molecule has 4 rings (SSSR count). The molecule has 0 aliphatic heterocycles. The molecule has 2 aromatic carbocycles. The molecule has 0 saturated carbocycles. The topological polar surface area (TPSA) is 68.9 Å². The molecule has 4 aromatic rings. The Kier molecular flexibility index (Phi) is 6.15. The number of hydrogen-bond donors (Lipinski definition) is 1. The van der Waals surface area contributed by atoms with Gasteiger partial charge in [0.05, 0.1) is 11.4 Å². The van der Waals surface area contributed by atoms with Crippen LogP contribution in [0.15, 0.2) is 59.4 Å². The van der Waals surface area contributed by atoms with Gasteiger partial charge in [-0.25, -0.2) is 4.68 Å². The summed E-state index contributed by atoms with van der Waals surface area (Å²) in [5.74, 6) is -0.271. The maximum atomic E-state index is 13.0. The Morgan fingerprint density at radius 1 is 1.06 bits per heavy atom. The maximum absolute atomic E-state index is 13.0. The number of hydrogen-bond acceptors (Lipinski definition) is 3. The van der Waals surface area contributed by atoms with Crippen LogP contribution >= 0.6 is 11.6 Å². The minimum atomic E-state index is -0.271. The van der Waals surface area contributed by atoms with E-state index in [2.05, 4.69) is 5.32 Å². The van der Waals surface area contributed by atoms with Crippen LogP contribution in [0.2, 0.25) is 5.02 Å². The molecule has 0 aliphatic rings. The summed E-state index contributed by atoms with van der Waals surface area (Å²) in [7, 11) is 0. The van der Waals surface area contributed by atoms with Crippen LogP contribution < -0.4 is 10.9 Å². The predicted molar refractivity (Wildman–Crippen MR) is 127 cm³/mol. The molecule has 1 N–H and O–H groups in total. The standard InChI is InChI=1S/C25H25ClN4O2/c1-4-18-13-23(32)29(15-22(31)27-14-19-7-5-6-8-21(19)26)25-24(18)17(3)28-30(25)20-11-9-16(2)10-12-20/h5-13H,4,14-15H2,1-3H3,(H,27,31). The number of aromatic nitrogens is 3. The molecule has 6 nitrogen and oxygen atoms in total. The Balaban J connectivity index is 1.76. The van der Waals surface area contributed by atoms with Gasteiger partial charge in [0.15, 0.2) is 0 Å². The number of fused-ring (bicyclic) bond motifs is 1. The minimum absolute atomic E-state index is 0.110. The Bertz CT molecular complexity index is 1350. The van der Waals surface area contributed by atoms with Gasteiger partial charge in [0.25, 0.3) is 5.56 Å². The average Bonchev–Trinajstić information content (AvgIpc) is 3.12. The van der Waals surface area contributed by atoms with Crippen molar-refractivity contribution in [3.63, 3.8) is 0 Å². The van der Waals surface area contributed by atoms with Crippen LogP contribution in [0.25, 0.3) is 16.7 Å². The Morgan fingerprint density at radius 2 is 1.78 bits per heavy atom.